The van der Waals surface area contributed by atoms with Gasteiger partial charge in [0.25, 0.3) is 0 Å². The van der Waals surface area contributed by atoms with E-state index < -0.39 is 0 Å². The first-order chi connectivity index (χ1) is 5.83. The molecule has 66 valence electrons. The molecule has 0 N–H and O–H groups in total. The van der Waals surface area contributed by atoms with Crippen LogP contribution in [0, 0.1) is 5.82 Å². The van der Waals surface area contributed by atoms with Crippen molar-refractivity contribution < 1.29 is 4.39 Å². The normalized spacial score (nSPS) is 10.2. The minimum atomic E-state index is -0.133. The van der Waals surface area contributed by atoms with E-state index in [9.17, 15) is 4.39 Å². The lowest BCUT2D eigenvalue weighted by atomic mass is 10.1. The van der Waals surface area contributed by atoms with Gasteiger partial charge in [-0.05, 0) is 37.0 Å². The van der Waals surface area contributed by atoms with Crippen LogP contribution in [0.5, 0.6) is 0 Å². The highest BCUT2D eigenvalue weighted by Crippen LogP contribution is 2.07. The van der Waals surface area contributed by atoms with Crippen molar-refractivity contribution in [1.82, 2.24) is 0 Å². The number of rotatable bonds is 4. The van der Waals surface area contributed by atoms with Crippen molar-refractivity contribution in [3.8, 4) is 0 Å². The van der Waals surface area contributed by atoms with Gasteiger partial charge in [-0.15, -0.1) is 0 Å². The summed E-state index contributed by atoms with van der Waals surface area (Å²) in [5.41, 5.74) is 1.09. The highest BCUT2D eigenvalue weighted by atomic mass is 79.9. The molecule has 0 spiro atoms. The monoisotopic (exact) mass is 230 g/mol. The first-order valence-electron chi connectivity index (χ1n) is 4.13. The third kappa shape index (κ3) is 3.35. The second-order valence-electron chi connectivity index (χ2n) is 2.78. The fourth-order valence-corrected chi connectivity index (χ4v) is 1.51. The average molecular weight is 231 g/mol. The molecule has 1 rings (SSSR count). The molecule has 12 heavy (non-hydrogen) atoms. The second-order valence-corrected chi connectivity index (χ2v) is 3.57. The van der Waals surface area contributed by atoms with Crippen molar-refractivity contribution in [1.29, 1.82) is 0 Å². The lowest BCUT2D eigenvalue weighted by Crippen LogP contribution is -1.86. The van der Waals surface area contributed by atoms with Crippen LogP contribution in [0.4, 0.5) is 4.39 Å². The number of benzene rings is 1. The summed E-state index contributed by atoms with van der Waals surface area (Å²) < 4.78 is 12.7. The predicted octanol–water partition coefficient (Wildman–Crippen LogP) is 3.54. The Kier molecular flexibility index (Phi) is 4.30. The van der Waals surface area contributed by atoms with Crippen LogP contribution in [0.3, 0.4) is 0 Å². The first-order valence-corrected chi connectivity index (χ1v) is 5.25. The van der Waals surface area contributed by atoms with Gasteiger partial charge in [-0.3, -0.25) is 0 Å². The molecule has 0 radical (unpaired) electrons. The Morgan fingerprint density at radius 3 is 2.75 bits per heavy atom. The molecule has 0 heterocycles. The quantitative estimate of drug-likeness (QED) is 0.549. The summed E-state index contributed by atoms with van der Waals surface area (Å²) in [5.74, 6) is -0.133. The van der Waals surface area contributed by atoms with E-state index in [4.69, 9.17) is 0 Å². The SMILES string of the molecule is Fc1cccc(CCCCBr)c1. The lowest BCUT2D eigenvalue weighted by Gasteiger charge is -1.99. The summed E-state index contributed by atoms with van der Waals surface area (Å²) >= 11 is 3.36. The zero-order valence-corrected chi connectivity index (χ0v) is 8.48. The summed E-state index contributed by atoms with van der Waals surface area (Å²) in [5, 5.41) is 1.03. The summed E-state index contributed by atoms with van der Waals surface area (Å²) in [6, 6.07) is 6.82. The Bertz CT molecular complexity index is 235. The number of alkyl halides is 1. The Morgan fingerprint density at radius 2 is 2.08 bits per heavy atom. The molecule has 0 aromatic heterocycles. The maximum atomic E-state index is 12.7. The molecule has 0 nitrogen and oxygen atoms in total. The van der Waals surface area contributed by atoms with Gasteiger partial charge < -0.3 is 0 Å². The fraction of sp³-hybridized carbons (Fsp3) is 0.400. The fourth-order valence-electron chi connectivity index (χ4n) is 1.12. The van der Waals surface area contributed by atoms with E-state index in [-0.39, 0.29) is 5.82 Å². The Balaban J connectivity index is 2.41. The van der Waals surface area contributed by atoms with E-state index in [1.807, 2.05) is 6.07 Å². The number of aryl methyl sites for hydroxylation is 1. The van der Waals surface area contributed by atoms with Gasteiger partial charge in [-0.2, -0.15) is 0 Å². The Hall–Kier alpha value is -0.370. The highest BCUT2D eigenvalue weighted by molar-refractivity contribution is 9.09. The van der Waals surface area contributed by atoms with Crippen LogP contribution in [-0.2, 0) is 6.42 Å². The maximum absolute atomic E-state index is 12.7. The van der Waals surface area contributed by atoms with Crippen molar-refractivity contribution in [3.63, 3.8) is 0 Å². The molecular formula is C10H12BrF. The van der Waals surface area contributed by atoms with Crippen molar-refractivity contribution >= 4 is 15.9 Å². The Labute approximate surface area is 80.9 Å². The zero-order valence-electron chi connectivity index (χ0n) is 6.89. The number of halogens is 2. The Morgan fingerprint density at radius 1 is 1.25 bits per heavy atom. The maximum Gasteiger partial charge on any atom is 0.123 e. The summed E-state index contributed by atoms with van der Waals surface area (Å²) in [7, 11) is 0. The number of hydrogen-bond donors (Lipinski definition) is 0. The van der Waals surface area contributed by atoms with Gasteiger partial charge in [0, 0.05) is 5.33 Å². The van der Waals surface area contributed by atoms with Crippen molar-refractivity contribution in [2.24, 2.45) is 0 Å². The molecule has 0 bridgehead atoms. The van der Waals surface area contributed by atoms with Gasteiger partial charge >= 0.3 is 0 Å². The zero-order chi connectivity index (χ0) is 8.81. The lowest BCUT2D eigenvalue weighted by molar-refractivity contribution is 0.624. The smallest absolute Gasteiger partial charge is 0.123 e. The molecule has 0 saturated carbocycles. The third-order valence-corrected chi connectivity index (χ3v) is 2.30. The summed E-state index contributed by atoms with van der Waals surface area (Å²) in [6.45, 7) is 0. The second kappa shape index (κ2) is 5.31. The highest BCUT2D eigenvalue weighted by Gasteiger charge is 1.94. The van der Waals surface area contributed by atoms with Gasteiger partial charge in [0.15, 0.2) is 0 Å². The molecule has 0 fully saturated rings. The topological polar surface area (TPSA) is 0 Å². The summed E-state index contributed by atoms with van der Waals surface area (Å²) in [4.78, 5) is 0. The van der Waals surface area contributed by atoms with Crippen LogP contribution in [-0.4, -0.2) is 5.33 Å². The molecule has 0 unspecified atom stereocenters. The largest absolute Gasteiger partial charge is 0.207 e. The van der Waals surface area contributed by atoms with Gasteiger partial charge in [0.05, 0.1) is 0 Å². The third-order valence-electron chi connectivity index (χ3n) is 1.74. The average Bonchev–Trinajstić information content (AvgIpc) is 2.05. The molecule has 0 aliphatic rings. The van der Waals surface area contributed by atoms with E-state index in [1.165, 1.54) is 6.07 Å². The molecule has 1 aromatic rings. The molecule has 0 aliphatic carbocycles. The molecular weight excluding hydrogens is 219 g/mol. The number of hydrogen-bond acceptors (Lipinski definition) is 0. The van der Waals surface area contributed by atoms with Gasteiger partial charge in [-0.1, -0.05) is 28.1 Å². The van der Waals surface area contributed by atoms with E-state index in [2.05, 4.69) is 15.9 Å². The van der Waals surface area contributed by atoms with E-state index in [0.717, 1.165) is 30.2 Å². The molecule has 0 saturated heterocycles. The van der Waals surface area contributed by atoms with Gasteiger partial charge in [0.2, 0.25) is 0 Å². The first kappa shape index (κ1) is 9.72. The summed E-state index contributed by atoms with van der Waals surface area (Å²) in [6.07, 6.45) is 3.24. The van der Waals surface area contributed by atoms with Gasteiger partial charge in [0.1, 0.15) is 5.82 Å². The van der Waals surface area contributed by atoms with Crippen LogP contribution in [0.25, 0.3) is 0 Å². The minimum absolute atomic E-state index is 0.133. The van der Waals surface area contributed by atoms with Crippen LogP contribution >= 0.6 is 15.9 Å². The molecule has 1 aromatic carbocycles. The van der Waals surface area contributed by atoms with E-state index in [1.54, 1.807) is 12.1 Å². The van der Waals surface area contributed by atoms with Crippen molar-refractivity contribution in [2.45, 2.75) is 19.3 Å². The molecule has 0 amide bonds. The predicted molar refractivity (Wildman–Crippen MR) is 53.1 cm³/mol. The number of unbranched alkanes of at least 4 members (excludes halogenated alkanes) is 1. The molecule has 0 aliphatic heterocycles. The van der Waals surface area contributed by atoms with Crippen molar-refractivity contribution in [3.05, 3.63) is 35.6 Å². The van der Waals surface area contributed by atoms with E-state index in [0.29, 0.717) is 0 Å². The van der Waals surface area contributed by atoms with Gasteiger partial charge in [-0.25, -0.2) is 4.39 Å². The van der Waals surface area contributed by atoms with Crippen LogP contribution < -0.4 is 0 Å². The standard InChI is InChI=1S/C10H12BrF/c11-7-2-1-4-9-5-3-6-10(12)8-9/h3,5-6,8H,1-2,4,7H2. The van der Waals surface area contributed by atoms with E-state index >= 15 is 0 Å². The van der Waals surface area contributed by atoms with Crippen LogP contribution in [0.1, 0.15) is 18.4 Å². The molecule has 0 atom stereocenters. The minimum Gasteiger partial charge on any atom is -0.207 e. The van der Waals surface area contributed by atoms with Crippen LogP contribution in [0.15, 0.2) is 24.3 Å². The molecule has 2 heteroatoms. The van der Waals surface area contributed by atoms with Crippen LogP contribution in [0.2, 0.25) is 0 Å². The van der Waals surface area contributed by atoms with Crippen molar-refractivity contribution in [2.75, 3.05) is 5.33 Å².